The van der Waals surface area contributed by atoms with Crippen LogP contribution in [0.1, 0.15) is 52.9 Å². The molecule has 0 aromatic rings. The summed E-state index contributed by atoms with van der Waals surface area (Å²) in [5.41, 5.74) is 0.220. The molecule has 86 valence electrons. The summed E-state index contributed by atoms with van der Waals surface area (Å²) in [6, 6.07) is 0. The summed E-state index contributed by atoms with van der Waals surface area (Å²) in [5, 5.41) is 9.49. The summed E-state index contributed by atoms with van der Waals surface area (Å²) >= 11 is 1.99. The molecule has 0 saturated carbocycles. The highest BCUT2D eigenvalue weighted by Gasteiger charge is 2.25. The summed E-state index contributed by atoms with van der Waals surface area (Å²) in [7, 11) is 0. The first kappa shape index (κ1) is 14.3. The molecule has 0 aromatic carbocycles. The van der Waals surface area contributed by atoms with E-state index in [9.17, 15) is 5.11 Å². The number of rotatable bonds is 9. The number of unbranched alkanes of at least 4 members (excludes halogenated alkanes) is 1. The highest BCUT2D eigenvalue weighted by atomic mass is 32.2. The van der Waals surface area contributed by atoms with Crippen LogP contribution in [-0.4, -0.2) is 23.2 Å². The van der Waals surface area contributed by atoms with Crippen molar-refractivity contribution < 1.29 is 5.11 Å². The largest absolute Gasteiger partial charge is 0.396 e. The van der Waals surface area contributed by atoms with Crippen molar-refractivity contribution in [2.45, 2.75) is 52.9 Å². The Morgan fingerprint density at radius 1 is 1.14 bits per heavy atom. The second-order valence-electron chi connectivity index (χ2n) is 4.06. The predicted octanol–water partition coefficient (Wildman–Crippen LogP) is 3.71. The first-order valence-electron chi connectivity index (χ1n) is 5.93. The molecule has 0 saturated heterocycles. The summed E-state index contributed by atoms with van der Waals surface area (Å²) in [6.07, 6.45) is 5.99. The van der Waals surface area contributed by atoms with Crippen LogP contribution in [0.15, 0.2) is 0 Å². The lowest BCUT2D eigenvalue weighted by molar-refractivity contribution is 0.104. The van der Waals surface area contributed by atoms with Gasteiger partial charge in [-0.3, -0.25) is 0 Å². The van der Waals surface area contributed by atoms with Crippen molar-refractivity contribution in [1.29, 1.82) is 0 Å². The van der Waals surface area contributed by atoms with E-state index in [4.69, 9.17) is 0 Å². The lowest BCUT2D eigenvalue weighted by atomic mass is 9.79. The second-order valence-corrected chi connectivity index (χ2v) is 5.46. The molecule has 0 aliphatic rings. The van der Waals surface area contributed by atoms with Gasteiger partial charge < -0.3 is 5.11 Å². The molecule has 1 unspecified atom stereocenters. The van der Waals surface area contributed by atoms with Gasteiger partial charge in [0.05, 0.1) is 0 Å². The van der Waals surface area contributed by atoms with Crippen LogP contribution in [-0.2, 0) is 0 Å². The Kier molecular flexibility index (Phi) is 8.80. The fourth-order valence-electron chi connectivity index (χ4n) is 1.73. The van der Waals surface area contributed by atoms with E-state index in [1.807, 2.05) is 11.8 Å². The zero-order chi connectivity index (χ0) is 10.9. The molecule has 0 spiro atoms. The van der Waals surface area contributed by atoms with Gasteiger partial charge in [-0.25, -0.2) is 0 Å². The van der Waals surface area contributed by atoms with Gasteiger partial charge in [-0.05, 0) is 36.2 Å². The molecule has 1 nitrogen and oxygen atoms in total. The first-order chi connectivity index (χ1) is 6.74. The van der Waals surface area contributed by atoms with E-state index in [0.29, 0.717) is 6.61 Å². The lowest BCUT2D eigenvalue weighted by Crippen LogP contribution is -2.25. The molecule has 0 amide bonds. The van der Waals surface area contributed by atoms with Crippen molar-refractivity contribution in [2.75, 3.05) is 18.1 Å². The van der Waals surface area contributed by atoms with Gasteiger partial charge in [0.15, 0.2) is 0 Å². The maximum Gasteiger partial charge on any atom is 0.0487 e. The molecule has 2 heteroatoms. The minimum Gasteiger partial charge on any atom is -0.396 e. The molecule has 0 fully saturated rings. The van der Waals surface area contributed by atoms with Gasteiger partial charge in [0.1, 0.15) is 0 Å². The van der Waals surface area contributed by atoms with E-state index in [-0.39, 0.29) is 5.41 Å². The molecular formula is C12H26OS. The molecule has 1 atom stereocenters. The second kappa shape index (κ2) is 8.60. The van der Waals surface area contributed by atoms with Crippen LogP contribution in [0, 0.1) is 5.41 Å². The smallest absolute Gasteiger partial charge is 0.0487 e. The van der Waals surface area contributed by atoms with Crippen LogP contribution in [0.2, 0.25) is 0 Å². The summed E-state index contributed by atoms with van der Waals surface area (Å²) in [4.78, 5) is 0. The average Bonchev–Trinajstić information content (AvgIpc) is 2.24. The van der Waals surface area contributed by atoms with Gasteiger partial charge in [-0.1, -0.05) is 33.6 Å². The molecule has 0 rings (SSSR count). The molecular weight excluding hydrogens is 192 g/mol. The molecule has 0 aliphatic heterocycles. The molecule has 0 radical (unpaired) electrons. The maximum absolute atomic E-state index is 9.49. The van der Waals surface area contributed by atoms with Gasteiger partial charge in [0.25, 0.3) is 0 Å². The van der Waals surface area contributed by atoms with E-state index in [2.05, 4.69) is 20.8 Å². The molecule has 14 heavy (non-hydrogen) atoms. The molecule has 0 aromatic heterocycles. The number of hydrogen-bond donors (Lipinski definition) is 1. The monoisotopic (exact) mass is 218 g/mol. The van der Waals surface area contributed by atoms with E-state index >= 15 is 0 Å². The van der Waals surface area contributed by atoms with Gasteiger partial charge in [-0.15, -0.1) is 0 Å². The van der Waals surface area contributed by atoms with E-state index in [1.165, 1.54) is 37.2 Å². The number of hydrogen-bond acceptors (Lipinski definition) is 2. The summed E-state index contributed by atoms with van der Waals surface area (Å²) in [6.45, 7) is 7.00. The summed E-state index contributed by atoms with van der Waals surface area (Å²) in [5.74, 6) is 2.40. The van der Waals surface area contributed by atoms with Crippen LogP contribution >= 0.6 is 11.8 Å². The number of aliphatic hydroxyl groups is 1. The van der Waals surface area contributed by atoms with Gasteiger partial charge in [0, 0.05) is 6.61 Å². The Hall–Kier alpha value is 0.310. The lowest BCUT2D eigenvalue weighted by Gasteiger charge is -2.30. The normalized spacial score (nSPS) is 15.4. The van der Waals surface area contributed by atoms with Crippen LogP contribution in [0.3, 0.4) is 0 Å². The van der Waals surface area contributed by atoms with Crippen LogP contribution in [0.4, 0.5) is 0 Å². The average molecular weight is 218 g/mol. The highest BCUT2D eigenvalue weighted by molar-refractivity contribution is 7.99. The highest BCUT2D eigenvalue weighted by Crippen LogP contribution is 2.33. The minimum atomic E-state index is 0.220. The molecule has 0 heterocycles. The standard InChI is InChI=1S/C12H26OS/c1-4-7-8-12(5-2,11-13)9-10-14-6-3/h13H,4-11H2,1-3H3. The van der Waals surface area contributed by atoms with Crippen molar-refractivity contribution >= 4 is 11.8 Å². The van der Waals surface area contributed by atoms with Gasteiger partial charge in [-0.2, -0.15) is 11.8 Å². The van der Waals surface area contributed by atoms with Crippen molar-refractivity contribution in [3.05, 3.63) is 0 Å². The fraction of sp³-hybridized carbons (Fsp3) is 1.00. The van der Waals surface area contributed by atoms with E-state index in [0.717, 1.165) is 6.42 Å². The van der Waals surface area contributed by atoms with Crippen molar-refractivity contribution in [1.82, 2.24) is 0 Å². The van der Waals surface area contributed by atoms with Gasteiger partial charge >= 0.3 is 0 Å². The number of thioether (sulfide) groups is 1. The maximum atomic E-state index is 9.49. The molecule has 0 aliphatic carbocycles. The van der Waals surface area contributed by atoms with Crippen LogP contribution in [0.25, 0.3) is 0 Å². The third kappa shape index (κ3) is 5.26. The van der Waals surface area contributed by atoms with Crippen LogP contribution < -0.4 is 0 Å². The van der Waals surface area contributed by atoms with Crippen LogP contribution in [0.5, 0.6) is 0 Å². The minimum absolute atomic E-state index is 0.220. The zero-order valence-electron chi connectivity index (χ0n) is 10.0. The van der Waals surface area contributed by atoms with E-state index < -0.39 is 0 Å². The molecule has 0 bridgehead atoms. The fourth-order valence-corrected chi connectivity index (χ4v) is 2.60. The predicted molar refractivity (Wildman–Crippen MR) is 67.0 cm³/mol. The Balaban J connectivity index is 3.94. The van der Waals surface area contributed by atoms with Gasteiger partial charge in [0.2, 0.25) is 0 Å². The van der Waals surface area contributed by atoms with Crippen molar-refractivity contribution in [2.24, 2.45) is 5.41 Å². The molecule has 1 N–H and O–H groups in total. The zero-order valence-corrected chi connectivity index (χ0v) is 10.8. The SMILES string of the molecule is CCCCC(CC)(CO)CCSCC. The topological polar surface area (TPSA) is 20.2 Å². The third-order valence-electron chi connectivity index (χ3n) is 3.13. The van der Waals surface area contributed by atoms with Crippen molar-refractivity contribution in [3.8, 4) is 0 Å². The Labute approximate surface area is 93.7 Å². The Morgan fingerprint density at radius 2 is 1.86 bits per heavy atom. The Morgan fingerprint density at radius 3 is 2.29 bits per heavy atom. The van der Waals surface area contributed by atoms with E-state index in [1.54, 1.807) is 0 Å². The Bertz CT molecular complexity index is 121. The first-order valence-corrected chi connectivity index (χ1v) is 7.08. The quantitative estimate of drug-likeness (QED) is 0.595. The van der Waals surface area contributed by atoms with Crippen molar-refractivity contribution in [3.63, 3.8) is 0 Å². The summed E-state index contributed by atoms with van der Waals surface area (Å²) < 4.78 is 0. The third-order valence-corrected chi connectivity index (χ3v) is 4.03. The number of aliphatic hydroxyl groups excluding tert-OH is 1.